The topological polar surface area (TPSA) is 72.2 Å². The van der Waals surface area contributed by atoms with Crippen LogP contribution in [0.25, 0.3) is 22.2 Å². The van der Waals surface area contributed by atoms with Gasteiger partial charge in [0.1, 0.15) is 6.54 Å². The number of halogens is 1. The van der Waals surface area contributed by atoms with Gasteiger partial charge in [0, 0.05) is 16.0 Å². The second kappa shape index (κ2) is 5.61. The van der Waals surface area contributed by atoms with E-state index in [-0.39, 0.29) is 0 Å². The maximum atomic E-state index is 12.2. The van der Waals surface area contributed by atoms with Crippen molar-refractivity contribution in [2.24, 2.45) is 0 Å². The molecule has 0 unspecified atom stereocenters. The smallest absolute Gasteiger partial charge is 0.349 e. The van der Waals surface area contributed by atoms with Crippen LogP contribution in [0.5, 0.6) is 0 Å². The number of rotatable bonds is 3. The van der Waals surface area contributed by atoms with Gasteiger partial charge in [-0.15, -0.1) is 0 Å². The highest BCUT2D eigenvalue weighted by molar-refractivity contribution is 6.31. The summed E-state index contributed by atoms with van der Waals surface area (Å²) < 4.78 is 1.13. The van der Waals surface area contributed by atoms with Crippen LogP contribution < -0.4 is 5.69 Å². The van der Waals surface area contributed by atoms with Crippen molar-refractivity contribution in [3.8, 4) is 11.3 Å². The zero-order valence-electron chi connectivity index (χ0n) is 11.4. The van der Waals surface area contributed by atoms with E-state index in [0.717, 1.165) is 10.1 Å². The van der Waals surface area contributed by atoms with Crippen LogP contribution in [-0.2, 0) is 11.3 Å². The predicted molar refractivity (Wildman–Crippen MR) is 84.1 cm³/mol. The van der Waals surface area contributed by atoms with E-state index in [1.807, 2.05) is 30.3 Å². The molecule has 1 N–H and O–H groups in total. The first-order valence-corrected chi connectivity index (χ1v) is 6.91. The molecule has 0 atom stereocenters. The molecule has 3 aromatic rings. The molecule has 0 radical (unpaired) electrons. The van der Waals surface area contributed by atoms with Crippen molar-refractivity contribution >= 4 is 28.5 Å². The Labute approximate surface area is 130 Å². The fourth-order valence-electron chi connectivity index (χ4n) is 2.36. The van der Waals surface area contributed by atoms with Crippen molar-refractivity contribution < 1.29 is 9.90 Å². The third-order valence-corrected chi connectivity index (χ3v) is 3.52. The SMILES string of the molecule is O=C(O)Cn1c(=O)nc(-c2ccccc2)c2cc(Cl)ccc21. The number of fused-ring (bicyclic) bond motifs is 1. The number of carbonyl (C=O) groups is 1. The van der Waals surface area contributed by atoms with Crippen LogP contribution in [-0.4, -0.2) is 20.6 Å². The third kappa shape index (κ3) is 2.58. The molecule has 0 aliphatic carbocycles. The molecule has 6 heteroatoms. The number of aliphatic carboxylic acids is 1. The highest BCUT2D eigenvalue weighted by Crippen LogP contribution is 2.27. The van der Waals surface area contributed by atoms with Gasteiger partial charge in [-0.25, -0.2) is 4.79 Å². The van der Waals surface area contributed by atoms with E-state index in [1.165, 1.54) is 0 Å². The fourth-order valence-corrected chi connectivity index (χ4v) is 2.53. The van der Waals surface area contributed by atoms with E-state index in [1.54, 1.807) is 18.2 Å². The first kappa shape index (κ1) is 14.3. The molecule has 110 valence electrons. The molecule has 0 saturated heterocycles. The van der Waals surface area contributed by atoms with Gasteiger partial charge in [-0.05, 0) is 18.2 Å². The van der Waals surface area contributed by atoms with Crippen molar-refractivity contribution in [1.29, 1.82) is 0 Å². The molecular formula is C16H11ClN2O3. The molecule has 0 aliphatic heterocycles. The van der Waals surface area contributed by atoms with Gasteiger partial charge in [0.2, 0.25) is 0 Å². The monoisotopic (exact) mass is 314 g/mol. The Bertz CT molecular complexity index is 920. The van der Waals surface area contributed by atoms with Gasteiger partial charge < -0.3 is 5.11 Å². The highest BCUT2D eigenvalue weighted by Gasteiger charge is 2.14. The average Bonchev–Trinajstić information content (AvgIpc) is 2.50. The summed E-state index contributed by atoms with van der Waals surface area (Å²) in [5.41, 5.74) is 1.15. The number of nitrogens with zero attached hydrogens (tertiary/aromatic N) is 2. The molecule has 0 saturated carbocycles. The van der Waals surface area contributed by atoms with Crippen molar-refractivity contribution in [1.82, 2.24) is 9.55 Å². The average molecular weight is 315 g/mol. The van der Waals surface area contributed by atoms with Crippen LogP contribution in [0, 0.1) is 0 Å². The molecule has 0 fully saturated rings. The summed E-state index contributed by atoms with van der Waals surface area (Å²) in [6, 6.07) is 14.2. The number of hydrogen-bond acceptors (Lipinski definition) is 3. The summed E-state index contributed by atoms with van der Waals surface area (Å²) in [5.74, 6) is -1.10. The largest absolute Gasteiger partial charge is 0.480 e. The van der Waals surface area contributed by atoms with E-state index < -0.39 is 18.2 Å². The summed E-state index contributed by atoms with van der Waals surface area (Å²) in [6.07, 6.45) is 0. The minimum absolute atomic E-state index is 0.445. The molecule has 5 nitrogen and oxygen atoms in total. The molecule has 0 spiro atoms. The molecule has 22 heavy (non-hydrogen) atoms. The van der Waals surface area contributed by atoms with Crippen LogP contribution in [0.3, 0.4) is 0 Å². The Balaban J connectivity index is 2.38. The Morgan fingerprint density at radius 2 is 1.91 bits per heavy atom. The lowest BCUT2D eigenvalue weighted by atomic mass is 10.1. The second-order valence-electron chi connectivity index (χ2n) is 4.75. The van der Waals surface area contributed by atoms with Gasteiger partial charge in [-0.3, -0.25) is 9.36 Å². The fraction of sp³-hybridized carbons (Fsp3) is 0.0625. The number of hydrogen-bond donors (Lipinski definition) is 1. The van der Waals surface area contributed by atoms with Crippen molar-refractivity contribution in [3.63, 3.8) is 0 Å². The zero-order chi connectivity index (χ0) is 15.7. The summed E-state index contributed by atoms with van der Waals surface area (Å²) >= 11 is 6.04. The third-order valence-electron chi connectivity index (χ3n) is 3.28. The Kier molecular flexibility index (Phi) is 3.65. The molecule has 1 heterocycles. The van der Waals surface area contributed by atoms with Crippen LogP contribution in [0.2, 0.25) is 5.02 Å². The minimum Gasteiger partial charge on any atom is -0.480 e. The van der Waals surface area contributed by atoms with Crippen molar-refractivity contribution in [2.45, 2.75) is 6.54 Å². The van der Waals surface area contributed by atoms with E-state index in [0.29, 0.717) is 21.6 Å². The maximum Gasteiger partial charge on any atom is 0.349 e. The van der Waals surface area contributed by atoms with Crippen molar-refractivity contribution in [3.05, 3.63) is 64.0 Å². The Morgan fingerprint density at radius 1 is 1.18 bits per heavy atom. The molecular weight excluding hydrogens is 304 g/mol. The zero-order valence-corrected chi connectivity index (χ0v) is 12.1. The molecule has 0 bridgehead atoms. The van der Waals surface area contributed by atoms with Gasteiger partial charge in [0.05, 0.1) is 11.2 Å². The standard InChI is InChI=1S/C16H11ClN2O3/c17-11-6-7-13-12(8-11)15(10-4-2-1-3-5-10)18-16(22)19(13)9-14(20)21/h1-8H,9H2,(H,20,21). The quantitative estimate of drug-likeness (QED) is 0.807. The summed E-state index contributed by atoms with van der Waals surface area (Å²) in [7, 11) is 0. The molecule has 0 amide bonds. The van der Waals surface area contributed by atoms with Crippen LogP contribution in [0.15, 0.2) is 53.3 Å². The normalized spacial score (nSPS) is 10.8. The second-order valence-corrected chi connectivity index (χ2v) is 5.19. The van der Waals surface area contributed by atoms with E-state index in [9.17, 15) is 9.59 Å². The Morgan fingerprint density at radius 3 is 2.59 bits per heavy atom. The molecule has 3 rings (SSSR count). The van der Waals surface area contributed by atoms with Gasteiger partial charge in [-0.1, -0.05) is 41.9 Å². The predicted octanol–water partition coefficient (Wildman–Crippen LogP) is 2.80. The maximum absolute atomic E-state index is 12.2. The van der Waals surface area contributed by atoms with E-state index in [2.05, 4.69) is 4.98 Å². The van der Waals surface area contributed by atoms with Crippen molar-refractivity contribution in [2.75, 3.05) is 0 Å². The first-order chi connectivity index (χ1) is 10.6. The number of carboxylic acids is 1. The lowest BCUT2D eigenvalue weighted by Gasteiger charge is -2.11. The molecule has 2 aromatic carbocycles. The number of aromatic nitrogens is 2. The number of benzene rings is 2. The van der Waals surface area contributed by atoms with Gasteiger partial charge in [-0.2, -0.15) is 4.98 Å². The molecule has 1 aromatic heterocycles. The van der Waals surface area contributed by atoms with E-state index in [4.69, 9.17) is 16.7 Å². The first-order valence-electron chi connectivity index (χ1n) is 6.53. The summed E-state index contributed by atoms with van der Waals surface area (Å²) in [5, 5.41) is 10.1. The Hall–Kier alpha value is -2.66. The van der Waals surface area contributed by atoms with Gasteiger partial charge >= 0.3 is 11.7 Å². The van der Waals surface area contributed by atoms with Gasteiger partial charge in [0.15, 0.2) is 0 Å². The van der Waals surface area contributed by atoms with Crippen LogP contribution >= 0.6 is 11.6 Å². The highest BCUT2D eigenvalue weighted by atomic mass is 35.5. The van der Waals surface area contributed by atoms with E-state index >= 15 is 0 Å². The molecule has 0 aliphatic rings. The summed E-state index contributed by atoms with van der Waals surface area (Å²) in [6.45, 7) is -0.445. The number of carboxylic acid groups (broad SMARTS) is 1. The van der Waals surface area contributed by atoms with Crippen LogP contribution in [0.1, 0.15) is 0 Å². The van der Waals surface area contributed by atoms with Gasteiger partial charge in [0.25, 0.3) is 0 Å². The summed E-state index contributed by atoms with van der Waals surface area (Å²) in [4.78, 5) is 27.2. The lowest BCUT2D eigenvalue weighted by Crippen LogP contribution is -2.27. The van der Waals surface area contributed by atoms with Crippen LogP contribution in [0.4, 0.5) is 0 Å². The lowest BCUT2D eigenvalue weighted by molar-refractivity contribution is -0.137. The minimum atomic E-state index is -1.10.